The zero-order valence-corrected chi connectivity index (χ0v) is 14.2. The third-order valence-electron chi connectivity index (χ3n) is 5.40. The van der Waals surface area contributed by atoms with Crippen LogP contribution in [-0.2, 0) is 4.74 Å². The highest BCUT2D eigenvalue weighted by atomic mass is 16.5. The van der Waals surface area contributed by atoms with Gasteiger partial charge in [-0.1, -0.05) is 13.8 Å². The van der Waals surface area contributed by atoms with E-state index in [0.29, 0.717) is 5.41 Å². The molecule has 0 saturated carbocycles. The highest BCUT2D eigenvalue weighted by Crippen LogP contribution is 2.43. The molecule has 0 aliphatic carbocycles. The van der Waals surface area contributed by atoms with Crippen LogP contribution in [0.4, 0.5) is 0 Å². The summed E-state index contributed by atoms with van der Waals surface area (Å²) in [4.78, 5) is 2.54. The van der Waals surface area contributed by atoms with Crippen molar-refractivity contribution in [2.24, 2.45) is 11.3 Å². The molecule has 0 bridgehead atoms. The lowest BCUT2D eigenvalue weighted by Crippen LogP contribution is -2.43. The number of rotatable bonds is 2. The Balaban J connectivity index is 2.02. The number of hydrogen-bond donors (Lipinski definition) is 1. The molecule has 0 amide bonds. The number of aliphatic hydroxyl groups is 1. The molecule has 0 aromatic heterocycles. The second-order valence-corrected chi connectivity index (χ2v) is 8.68. The van der Waals surface area contributed by atoms with Gasteiger partial charge in [0.2, 0.25) is 0 Å². The lowest BCUT2D eigenvalue weighted by Gasteiger charge is -2.32. The van der Waals surface area contributed by atoms with Crippen LogP contribution in [-0.4, -0.2) is 46.9 Å². The molecule has 2 aliphatic heterocycles. The average Bonchev–Trinajstić information content (AvgIpc) is 2.41. The molecule has 3 nitrogen and oxygen atoms in total. The van der Waals surface area contributed by atoms with Crippen LogP contribution < -0.4 is 0 Å². The van der Waals surface area contributed by atoms with Gasteiger partial charge in [0.05, 0.1) is 17.3 Å². The molecule has 20 heavy (non-hydrogen) atoms. The SMILES string of the molecule is CC1(C)CCCN(CC2C(O)C(C)(C)OC2(C)C)CC1. The summed E-state index contributed by atoms with van der Waals surface area (Å²) in [7, 11) is 0. The van der Waals surface area contributed by atoms with Gasteiger partial charge in [0.1, 0.15) is 0 Å². The van der Waals surface area contributed by atoms with Crippen molar-refractivity contribution in [1.29, 1.82) is 0 Å². The summed E-state index contributed by atoms with van der Waals surface area (Å²) in [5.74, 6) is 0.193. The van der Waals surface area contributed by atoms with E-state index < -0.39 is 5.60 Å². The topological polar surface area (TPSA) is 32.7 Å². The number of likely N-dealkylation sites (tertiary alicyclic amines) is 1. The maximum Gasteiger partial charge on any atom is 0.0896 e. The molecule has 0 radical (unpaired) electrons. The fourth-order valence-corrected chi connectivity index (χ4v) is 3.94. The Morgan fingerprint density at radius 1 is 1.00 bits per heavy atom. The molecule has 0 spiro atoms. The Kier molecular flexibility index (Phi) is 4.27. The minimum Gasteiger partial charge on any atom is -0.390 e. The minimum absolute atomic E-state index is 0.193. The zero-order chi connectivity index (χ0) is 15.2. The van der Waals surface area contributed by atoms with Gasteiger partial charge >= 0.3 is 0 Å². The molecular weight excluding hydrogens is 250 g/mol. The molecule has 118 valence electrons. The van der Waals surface area contributed by atoms with Crippen molar-refractivity contribution in [3.8, 4) is 0 Å². The van der Waals surface area contributed by atoms with Crippen molar-refractivity contribution in [2.75, 3.05) is 19.6 Å². The van der Waals surface area contributed by atoms with Gasteiger partial charge in [-0.3, -0.25) is 0 Å². The summed E-state index contributed by atoms with van der Waals surface area (Å²) < 4.78 is 6.10. The van der Waals surface area contributed by atoms with E-state index in [0.717, 1.165) is 19.6 Å². The second kappa shape index (κ2) is 5.26. The Morgan fingerprint density at radius 3 is 2.20 bits per heavy atom. The Labute approximate surface area is 124 Å². The molecule has 2 atom stereocenters. The van der Waals surface area contributed by atoms with Crippen LogP contribution in [0.15, 0.2) is 0 Å². The van der Waals surface area contributed by atoms with Gasteiger partial charge in [-0.25, -0.2) is 0 Å². The smallest absolute Gasteiger partial charge is 0.0896 e. The van der Waals surface area contributed by atoms with E-state index in [2.05, 4.69) is 32.6 Å². The van der Waals surface area contributed by atoms with E-state index in [1.807, 2.05) is 13.8 Å². The molecule has 2 rings (SSSR count). The normalized spacial score (nSPS) is 36.8. The lowest BCUT2D eigenvalue weighted by molar-refractivity contribution is -0.0913. The van der Waals surface area contributed by atoms with Crippen LogP contribution in [0.2, 0.25) is 0 Å². The molecule has 0 aromatic rings. The molecule has 1 N–H and O–H groups in total. The summed E-state index contributed by atoms with van der Waals surface area (Å²) in [5.41, 5.74) is -0.210. The first-order valence-corrected chi connectivity index (χ1v) is 8.14. The molecular formula is C17H33NO2. The van der Waals surface area contributed by atoms with Crippen LogP contribution >= 0.6 is 0 Å². The van der Waals surface area contributed by atoms with E-state index in [-0.39, 0.29) is 17.6 Å². The molecule has 2 unspecified atom stereocenters. The third kappa shape index (κ3) is 3.37. The van der Waals surface area contributed by atoms with Crippen molar-refractivity contribution >= 4 is 0 Å². The molecule has 2 heterocycles. The summed E-state index contributed by atoms with van der Waals surface area (Å²) >= 11 is 0. The molecule has 2 fully saturated rings. The Bertz CT molecular complexity index is 349. The number of nitrogens with zero attached hydrogens (tertiary/aromatic N) is 1. The first-order valence-electron chi connectivity index (χ1n) is 8.14. The Morgan fingerprint density at radius 2 is 1.65 bits per heavy atom. The summed E-state index contributed by atoms with van der Waals surface area (Å²) in [6, 6.07) is 0. The predicted octanol–water partition coefficient (Wildman–Crippen LogP) is 3.06. The maximum atomic E-state index is 10.6. The molecule has 3 heteroatoms. The molecule has 2 aliphatic rings. The van der Waals surface area contributed by atoms with Gasteiger partial charge in [0.15, 0.2) is 0 Å². The lowest BCUT2D eigenvalue weighted by atomic mass is 9.84. The van der Waals surface area contributed by atoms with Crippen LogP contribution in [0.5, 0.6) is 0 Å². The minimum atomic E-state index is -0.431. The van der Waals surface area contributed by atoms with Crippen molar-refractivity contribution in [3.63, 3.8) is 0 Å². The van der Waals surface area contributed by atoms with Gasteiger partial charge in [-0.15, -0.1) is 0 Å². The van der Waals surface area contributed by atoms with E-state index in [9.17, 15) is 5.11 Å². The fourth-order valence-electron chi connectivity index (χ4n) is 3.94. The van der Waals surface area contributed by atoms with Gasteiger partial charge in [-0.2, -0.15) is 0 Å². The zero-order valence-electron chi connectivity index (χ0n) is 14.2. The first-order chi connectivity index (χ1) is 9.04. The van der Waals surface area contributed by atoms with E-state index in [1.54, 1.807) is 0 Å². The quantitative estimate of drug-likeness (QED) is 0.845. The fraction of sp³-hybridized carbons (Fsp3) is 1.00. The summed E-state index contributed by atoms with van der Waals surface area (Å²) in [6.45, 7) is 16.3. The van der Waals surface area contributed by atoms with Crippen LogP contribution in [0.25, 0.3) is 0 Å². The molecule has 2 saturated heterocycles. The van der Waals surface area contributed by atoms with Crippen molar-refractivity contribution in [2.45, 2.75) is 78.1 Å². The van der Waals surface area contributed by atoms with Crippen molar-refractivity contribution in [1.82, 2.24) is 4.90 Å². The number of aliphatic hydroxyl groups excluding tert-OH is 1. The van der Waals surface area contributed by atoms with Gasteiger partial charge in [0, 0.05) is 12.5 Å². The second-order valence-electron chi connectivity index (χ2n) is 8.68. The van der Waals surface area contributed by atoms with Crippen molar-refractivity contribution < 1.29 is 9.84 Å². The largest absolute Gasteiger partial charge is 0.390 e. The molecule has 0 aromatic carbocycles. The summed E-state index contributed by atoms with van der Waals surface area (Å²) in [6.07, 6.45) is 3.44. The van der Waals surface area contributed by atoms with Crippen LogP contribution in [0.3, 0.4) is 0 Å². The average molecular weight is 283 g/mol. The Hall–Kier alpha value is -0.120. The monoisotopic (exact) mass is 283 g/mol. The third-order valence-corrected chi connectivity index (χ3v) is 5.40. The number of hydrogen-bond acceptors (Lipinski definition) is 3. The van der Waals surface area contributed by atoms with Gasteiger partial charge in [-0.05, 0) is 65.5 Å². The summed E-state index contributed by atoms with van der Waals surface area (Å²) in [5, 5.41) is 10.6. The highest BCUT2D eigenvalue weighted by Gasteiger charge is 2.53. The van der Waals surface area contributed by atoms with Crippen molar-refractivity contribution in [3.05, 3.63) is 0 Å². The number of ether oxygens (including phenoxy) is 1. The van der Waals surface area contributed by atoms with E-state index in [1.165, 1.54) is 19.3 Å². The van der Waals surface area contributed by atoms with Crippen LogP contribution in [0.1, 0.15) is 60.8 Å². The predicted molar refractivity (Wildman–Crippen MR) is 82.8 cm³/mol. The van der Waals surface area contributed by atoms with Gasteiger partial charge < -0.3 is 14.7 Å². The van der Waals surface area contributed by atoms with Gasteiger partial charge in [0.25, 0.3) is 0 Å². The van der Waals surface area contributed by atoms with E-state index >= 15 is 0 Å². The maximum absolute atomic E-state index is 10.6. The standard InChI is InChI=1S/C17H33NO2/c1-15(2)8-7-10-18(11-9-15)12-13-14(19)17(5,6)20-16(13,3)4/h13-14,19H,7-12H2,1-6H3. The first kappa shape index (κ1) is 16.3. The highest BCUT2D eigenvalue weighted by molar-refractivity contribution is 5.02. The van der Waals surface area contributed by atoms with Crippen LogP contribution in [0, 0.1) is 11.3 Å². The van der Waals surface area contributed by atoms with E-state index in [4.69, 9.17) is 4.74 Å².